The van der Waals surface area contributed by atoms with Gasteiger partial charge in [0.15, 0.2) is 0 Å². The molecular weight excluding hydrogens is 462 g/mol. The first-order chi connectivity index (χ1) is 16.5. The van der Waals surface area contributed by atoms with Gasteiger partial charge in [-0.05, 0) is 18.4 Å². The highest BCUT2D eigenvalue weighted by atomic mass is 16.4. The molecule has 4 amide bonds. The Hall–Kier alpha value is -4.00. The normalized spacial score (nSPS) is 17.6. The second-order valence-corrected chi connectivity index (χ2v) is 8.21. The van der Waals surface area contributed by atoms with Crippen LogP contribution in [-0.4, -0.2) is 81.4 Å². The first-order valence-corrected chi connectivity index (χ1v) is 10.9. The third-order valence-electron chi connectivity index (χ3n) is 5.49. The summed E-state index contributed by atoms with van der Waals surface area (Å²) in [4.78, 5) is 73.3. The number of hydrogen-bond donors (Lipinski definition) is 6. The van der Waals surface area contributed by atoms with E-state index in [1.165, 1.54) is 4.90 Å². The second-order valence-electron chi connectivity index (χ2n) is 8.21. The average molecular weight is 492 g/mol. The predicted molar refractivity (Wildman–Crippen MR) is 120 cm³/mol. The third kappa shape index (κ3) is 8.07. The Morgan fingerprint density at radius 3 is 2.23 bits per heavy atom. The van der Waals surface area contributed by atoms with Crippen molar-refractivity contribution in [3.05, 3.63) is 35.9 Å². The molecule has 2 rings (SSSR count). The summed E-state index contributed by atoms with van der Waals surface area (Å²) in [7, 11) is 0. The van der Waals surface area contributed by atoms with Crippen LogP contribution in [0.2, 0.25) is 0 Å². The van der Waals surface area contributed by atoms with Crippen molar-refractivity contribution in [2.24, 2.45) is 11.5 Å². The fraction of sp³-hybridized carbons (Fsp3) is 0.455. The van der Waals surface area contributed by atoms with Gasteiger partial charge in [0.1, 0.15) is 18.1 Å². The molecule has 8 N–H and O–H groups in total. The molecule has 1 aliphatic rings. The largest absolute Gasteiger partial charge is 0.481 e. The van der Waals surface area contributed by atoms with Gasteiger partial charge in [0.05, 0.1) is 18.9 Å². The van der Waals surface area contributed by atoms with E-state index in [1.807, 2.05) is 0 Å². The number of nitrogens with one attached hydrogen (secondary N) is 2. The van der Waals surface area contributed by atoms with Crippen LogP contribution < -0.4 is 22.1 Å². The molecule has 0 spiro atoms. The molecule has 0 aliphatic carbocycles. The highest BCUT2D eigenvalue weighted by Crippen LogP contribution is 2.19. The van der Waals surface area contributed by atoms with Crippen LogP contribution in [0.3, 0.4) is 0 Å². The van der Waals surface area contributed by atoms with Gasteiger partial charge < -0.3 is 37.2 Å². The van der Waals surface area contributed by atoms with Crippen molar-refractivity contribution in [3.63, 3.8) is 0 Å². The Bertz CT molecular complexity index is 970. The molecule has 1 saturated heterocycles. The summed E-state index contributed by atoms with van der Waals surface area (Å²) in [6.07, 6.45) is -0.492. The fourth-order valence-electron chi connectivity index (χ4n) is 3.79. The Labute approximate surface area is 200 Å². The fourth-order valence-corrected chi connectivity index (χ4v) is 3.79. The summed E-state index contributed by atoms with van der Waals surface area (Å²) in [5.41, 5.74) is 11.4. The Morgan fingerprint density at radius 2 is 1.66 bits per heavy atom. The van der Waals surface area contributed by atoms with E-state index in [1.54, 1.807) is 30.3 Å². The van der Waals surface area contributed by atoms with Crippen LogP contribution >= 0.6 is 0 Å². The summed E-state index contributed by atoms with van der Waals surface area (Å²) in [5.74, 6) is -5.87. The summed E-state index contributed by atoms with van der Waals surface area (Å²) in [6, 6.07) is 3.50. The lowest BCUT2D eigenvalue weighted by Crippen LogP contribution is -2.57. The van der Waals surface area contributed by atoms with Crippen LogP contribution in [0, 0.1) is 0 Å². The van der Waals surface area contributed by atoms with E-state index in [-0.39, 0.29) is 19.4 Å². The minimum atomic E-state index is -1.59. The maximum absolute atomic E-state index is 13.1. The molecule has 4 unspecified atom stereocenters. The quantitative estimate of drug-likeness (QED) is 0.189. The molecule has 1 aromatic carbocycles. The molecule has 13 nitrogen and oxygen atoms in total. The van der Waals surface area contributed by atoms with E-state index >= 15 is 0 Å². The summed E-state index contributed by atoms with van der Waals surface area (Å²) >= 11 is 0. The van der Waals surface area contributed by atoms with Crippen LogP contribution in [0.25, 0.3) is 0 Å². The van der Waals surface area contributed by atoms with Gasteiger partial charge in [0.2, 0.25) is 23.6 Å². The number of carboxylic acids is 2. The second kappa shape index (κ2) is 12.5. The Morgan fingerprint density at radius 1 is 1.00 bits per heavy atom. The number of amides is 4. The van der Waals surface area contributed by atoms with Gasteiger partial charge in [-0.15, -0.1) is 0 Å². The van der Waals surface area contributed by atoms with Gasteiger partial charge in [-0.25, -0.2) is 4.79 Å². The van der Waals surface area contributed by atoms with Gasteiger partial charge in [-0.2, -0.15) is 0 Å². The van der Waals surface area contributed by atoms with Crippen LogP contribution in [0.5, 0.6) is 0 Å². The van der Waals surface area contributed by atoms with E-state index in [9.17, 15) is 33.9 Å². The van der Waals surface area contributed by atoms with Crippen molar-refractivity contribution in [1.29, 1.82) is 0 Å². The minimum Gasteiger partial charge on any atom is -0.481 e. The highest BCUT2D eigenvalue weighted by molar-refractivity contribution is 5.95. The molecule has 0 saturated carbocycles. The minimum absolute atomic E-state index is 0.000514. The molecule has 35 heavy (non-hydrogen) atoms. The molecule has 1 aliphatic heterocycles. The number of nitrogens with two attached hydrogens (primary N) is 2. The number of aliphatic carboxylic acids is 2. The molecule has 190 valence electrons. The van der Waals surface area contributed by atoms with E-state index in [0.29, 0.717) is 12.0 Å². The van der Waals surface area contributed by atoms with E-state index in [0.717, 1.165) is 0 Å². The number of carbonyl (C=O) groups excluding carboxylic acids is 4. The molecule has 4 atom stereocenters. The first kappa shape index (κ1) is 27.2. The van der Waals surface area contributed by atoms with E-state index in [4.69, 9.17) is 16.6 Å². The van der Waals surface area contributed by atoms with Crippen LogP contribution in [-0.2, 0) is 35.2 Å². The number of likely N-dealkylation sites (tertiary alicyclic amines) is 1. The smallest absolute Gasteiger partial charge is 0.326 e. The summed E-state index contributed by atoms with van der Waals surface area (Å²) < 4.78 is 0. The lowest BCUT2D eigenvalue weighted by molar-refractivity contribution is -0.145. The topological polar surface area (TPSA) is 222 Å². The zero-order valence-corrected chi connectivity index (χ0v) is 18.9. The van der Waals surface area contributed by atoms with Crippen molar-refractivity contribution in [1.82, 2.24) is 15.5 Å². The third-order valence-corrected chi connectivity index (χ3v) is 5.49. The van der Waals surface area contributed by atoms with Crippen molar-refractivity contribution in [2.45, 2.75) is 56.3 Å². The molecule has 1 heterocycles. The maximum atomic E-state index is 13.1. The number of benzene rings is 1. The SMILES string of the molecule is NC(=O)CC(NC(=O)C(Cc1ccccc1)NC(=O)C1CCCN1C(=O)C(N)CC(=O)O)C(=O)O. The molecule has 1 fully saturated rings. The number of hydrogen-bond acceptors (Lipinski definition) is 7. The number of rotatable bonds is 12. The predicted octanol–water partition coefficient (Wildman–Crippen LogP) is -2.05. The van der Waals surface area contributed by atoms with Gasteiger partial charge in [-0.1, -0.05) is 30.3 Å². The van der Waals surface area contributed by atoms with Crippen molar-refractivity contribution in [3.8, 4) is 0 Å². The molecule has 13 heteroatoms. The van der Waals surface area contributed by atoms with Gasteiger partial charge in [0, 0.05) is 13.0 Å². The molecule has 0 radical (unpaired) electrons. The number of carbonyl (C=O) groups is 6. The number of carboxylic acid groups (broad SMARTS) is 2. The zero-order chi connectivity index (χ0) is 26.1. The first-order valence-electron chi connectivity index (χ1n) is 10.9. The van der Waals surface area contributed by atoms with Crippen LogP contribution in [0.1, 0.15) is 31.2 Å². The van der Waals surface area contributed by atoms with E-state index in [2.05, 4.69) is 10.6 Å². The standard InChI is InChI=1S/C22H29N5O8/c23-13(10-18(29)30)21(33)27-8-4-7-16(27)20(32)25-14(9-12-5-2-1-3-6-12)19(31)26-15(22(34)35)11-17(24)28/h1-3,5-6,13-16H,4,7-11,23H2,(H2,24,28)(H,25,32)(H,26,31)(H,29,30)(H,34,35). The van der Waals surface area contributed by atoms with Crippen molar-refractivity contribution >= 4 is 35.6 Å². The van der Waals surface area contributed by atoms with E-state index < -0.39 is 72.6 Å². The van der Waals surface area contributed by atoms with Gasteiger partial charge in [0.25, 0.3) is 0 Å². The Balaban J connectivity index is 2.20. The lowest BCUT2D eigenvalue weighted by atomic mass is 10.0. The number of primary amides is 1. The number of nitrogens with zero attached hydrogens (tertiary/aromatic N) is 1. The average Bonchev–Trinajstić information content (AvgIpc) is 3.27. The lowest BCUT2D eigenvalue weighted by Gasteiger charge is -2.28. The van der Waals surface area contributed by atoms with Gasteiger partial charge >= 0.3 is 11.9 Å². The molecule has 0 bridgehead atoms. The summed E-state index contributed by atoms with van der Waals surface area (Å²) in [5, 5.41) is 23.0. The highest BCUT2D eigenvalue weighted by Gasteiger charge is 2.38. The van der Waals surface area contributed by atoms with Crippen molar-refractivity contribution < 1.29 is 39.0 Å². The summed E-state index contributed by atoms with van der Waals surface area (Å²) in [6.45, 7) is 0.194. The van der Waals surface area contributed by atoms with Crippen molar-refractivity contribution in [2.75, 3.05) is 6.54 Å². The molecular formula is C22H29N5O8. The monoisotopic (exact) mass is 491 g/mol. The molecule has 0 aromatic heterocycles. The van der Waals surface area contributed by atoms with Crippen LogP contribution in [0.15, 0.2) is 30.3 Å². The van der Waals surface area contributed by atoms with Crippen LogP contribution in [0.4, 0.5) is 0 Å². The Kier molecular flexibility index (Phi) is 9.70. The maximum Gasteiger partial charge on any atom is 0.326 e. The zero-order valence-electron chi connectivity index (χ0n) is 18.9. The van der Waals surface area contributed by atoms with Gasteiger partial charge in [-0.3, -0.25) is 24.0 Å². The molecule has 1 aromatic rings.